The third-order valence-corrected chi connectivity index (χ3v) is 4.46. The van der Waals surface area contributed by atoms with Crippen LogP contribution in [0.1, 0.15) is 39.0 Å². The molecule has 1 unspecified atom stereocenters. The molecule has 1 aliphatic heterocycles. The first-order valence-corrected chi connectivity index (χ1v) is 8.56. The van der Waals surface area contributed by atoms with E-state index in [9.17, 15) is 9.00 Å². The molecular formula is C13H26N2O2S. The topological polar surface area (TPSA) is 49.4 Å². The molecule has 0 radical (unpaired) electrons. The largest absolute Gasteiger partial charge is 0.342 e. The lowest BCUT2D eigenvalue weighted by Crippen LogP contribution is -2.38. The minimum Gasteiger partial charge on any atom is -0.342 e. The van der Waals surface area contributed by atoms with Gasteiger partial charge in [-0.15, -0.1) is 0 Å². The Labute approximate surface area is 113 Å². The van der Waals surface area contributed by atoms with Crippen LogP contribution in [0.5, 0.6) is 0 Å². The highest BCUT2D eigenvalue weighted by atomic mass is 32.2. The minimum atomic E-state index is -0.988. The molecular weight excluding hydrogens is 248 g/mol. The van der Waals surface area contributed by atoms with E-state index in [4.69, 9.17) is 0 Å². The molecule has 0 aromatic rings. The lowest BCUT2D eigenvalue weighted by Gasteiger charge is -2.26. The van der Waals surface area contributed by atoms with Gasteiger partial charge in [0.05, 0.1) is 0 Å². The van der Waals surface area contributed by atoms with Gasteiger partial charge in [0.1, 0.15) is 5.75 Å². The van der Waals surface area contributed by atoms with Crippen molar-refractivity contribution in [2.24, 2.45) is 0 Å². The van der Waals surface area contributed by atoms with Gasteiger partial charge in [-0.3, -0.25) is 9.00 Å². The fourth-order valence-electron chi connectivity index (χ4n) is 2.10. The predicted molar refractivity (Wildman–Crippen MR) is 76.1 cm³/mol. The molecule has 1 atom stereocenters. The zero-order valence-electron chi connectivity index (χ0n) is 11.5. The maximum atomic E-state index is 11.9. The first-order valence-electron chi connectivity index (χ1n) is 7.07. The Morgan fingerprint density at radius 1 is 1.22 bits per heavy atom. The molecule has 106 valence electrons. The molecule has 0 aliphatic carbocycles. The monoisotopic (exact) mass is 274 g/mol. The smallest absolute Gasteiger partial charge is 0.235 e. The summed E-state index contributed by atoms with van der Waals surface area (Å²) in [6.45, 7) is 5.75. The van der Waals surface area contributed by atoms with Crippen LogP contribution in [-0.2, 0) is 15.6 Å². The van der Waals surface area contributed by atoms with Crippen molar-refractivity contribution in [3.8, 4) is 0 Å². The van der Waals surface area contributed by atoms with Crippen molar-refractivity contribution in [2.75, 3.05) is 37.7 Å². The summed E-state index contributed by atoms with van der Waals surface area (Å²) < 4.78 is 11.8. The van der Waals surface area contributed by atoms with Gasteiger partial charge in [-0.05, 0) is 45.2 Å². The Kier molecular flexibility index (Phi) is 8.25. The molecule has 1 saturated heterocycles. The molecule has 1 N–H and O–H groups in total. The van der Waals surface area contributed by atoms with Crippen LogP contribution in [-0.4, -0.2) is 52.7 Å². The van der Waals surface area contributed by atoms with Gasteiger partial charge in [0.25, 0.3) is 0 Å². The molecule has 1 aliphatic rings. The lowest BCUT2D eigenvalue weighted by molar-refractivity contribution is -0.129. The number of carbonyl (C=O) groups excluding carboxylic acids is 1. The van der Waals surface area contributed by atoms with E-state index in [0.717, 1.165) is 51.9 Å². The quantitative estimate of drug-likeness (QED) is 0.675. The van der Waals surface area contributed by atoms with E-state index in [1.807, 2.05) is 4.90 Å². The highest BCUT2D eigenvalue weighted by Gasteiger charge is 2.18. The Bertz CT molecular complexity index is 266. The first-order chi connectivity index (χ1) is 8.74. The van der Waals surface area contributed by atoms with Crippen LogP contribution in [0.3, 0.4) is 0 Å². The third kappa shape index (κ3) is 6.50. The summed E-state index contributed by atoms with van der Waals surface area (Å²) in [6, 6.07) is 0. The summed E-state index contributed by atoms with van der Waals surface area (Å²) in [5, 5.41) is 3.28. The second-order valence-corrected chi connectivity index (χ2v) is 6.41. The number of nitrogens with zero attached hydrogens (tertiary/aromatic N) is 1. The van der Waals surface area contributed by atoms with Crippen LogP contribution in [0.2, 0.25) is 0 Å². The van der Waals surface area contributed by atoms with Crippen molar-refractivity contribution in [3.05, 3.63) is 0 Å². The Morgan fingerprint density at radius 3 is 2.61 bits per heavy atom. The maximum Gasteiger partial charge on any atom is 0.235 e. The van der Waals surface area contributed by atoms with Crippen molar-refractivity contribution in [1.29, 1.82) is 0 Å². The third-order valence-electron chi connectivity index (χ3n) is 3.15. The van der Waals surface area contributed by atoms with Crippen LogP contribution in [0.15, 0.2) is 0 Å². The summed E-state index contributed by atoms with van der Waals surface area (Å²) in [6.07, 6.45) is 5.42. The normalized spacial score (nSPS) is 17.7. The number of amides is 1. The van der Waals surface area contributed by atoms with Crippen molar-refractivity contribution < 1.29 is 9.00 Å². The number of likely N-dealkylation sites (tertiary alicyclic amines) is 1. The van der Waals surface area contributed by atoms with E-state index in [1.165, 1.54) is 6.42 Å². The molecule has 0 aromatic heterocycles. The summed E-state index contributed by atoms with van der Waals surface area (Å²) >= 11 is 0. The Hall–Kier alpha value is -0.420. The highest BCUT2D eigenvalue weighted by molar-refractivity contribution is 7.85. The maximum absolute atomic E-state index is 11.9. The van der Waals surface area contributed by atoms with E-state index in [-0.39, 0.29) is 11.7 Å². The number of piperidine rings is 1. The number of hydrogen-bond donors (Lipinski definition) is 1. The van der Waals surface area contributed by atoms with Crippen LogP contribution in [0.25, 0.3) is 0 Å². The fraction of sp³-hybridized carbons (Fsp3) is 0.923. The van der Waals surface area contributed by atoms with Gasteiger partial charge in [-0.1, -0.05) is 6.92 Å². The van der Waals surface area contributed by atoms with Gasteiger partial charge in [0.15, 0.2) is 0 Å². The summed E-state index contributed by atoms with van der Waals surface area (Å²) in [7, 11) is -0.988. The lowest BCUT2D eigenvalue weighted by atomic mass is 10.1. The number of nitrogens with one attached hydrogen (secondary N) is 1. The first kappa shape index (κ1) is 15.6. The van der Waals surface area contributed by atoms with E-state index in [0.29, 0.717) is 5.75 Å². The summed E-state index contributed by atoms with van der Waals surface area (Å²) in [5.74, 6) is 0.930. The number of hydrogen-bond acceptors (Lipinski definition) is 3. The average Bonchev–Trinajstić information content (AvgIpc) is 2.39. The molecule has 5 heteroatoms. The van der Waals surface area contributed by atoms with E-state index in [2.05, 4.69) is 12.2 Å². The van der Waals surface area contributed by atoms with E-state index >= 15 is 0 Å². The molecule has 0 saturated carbocycles. The van der Waals surface area contributed by atoms with E-state index in [1.54, 1.807) is 0 Å². The molecule has 1 rings (SSSR count). The minimum absolute atomic E-state index is 0.0783. The van der Waals surface area contributed by atoms with Crippen LogP contribution < -0.4 is 5.32 Å². The highest BCUT2D eigenvalue weighted by Crippen LogP contribution is 2.09. The fourth-order valence-corrected chi connectivity index (χ4v) is 3.17. The van der Waals surface area contributed by atoms with Crippen molar-refractivity contribution in [2.45, 2.75) is 39.0 Å². The van der Waals surface area contributed by atoms with Crippen LogP contribution in [0.4, 0.5) is 0 Å². The Morgan fingerprint density at radius 2 is 1.94 bits per heavy atom. The van der Waals surface area contributed by atoms with Crippen molar-refractivity contribution in [1.82, 2.24) is 10.2 Å². The van der Waals surface area contributed by atoms with Crippen molar-refractivity contribution in [3.63, 3.8) is 0 Å². The van der Waals surface area contributed by atoms with Gasteiger partial charge < -0.3 is 10.2 Å². The summed E-state index contributed by atoms with van der Waals surface area (Å²) in [4.78, 5) is 13.7. The van der Waals surface area contributed by atoms with E-state index < -0.39 is 10.8 Å². The SMILES string of the molecule is CCCNCCCS(=O)CC(=O)N1CCCCC1. The number of carbonyl (C=O) groups is 1. The standard InChI is InChI=1S/C13H26N2O2S/c1-2-7-14-8-6-11-18(17)12-13(16)15-9-4-3-5-10-15/h14H,2-12H2,1H3. The molecule has 0 spiro atoms. The molecule has 1 heterocycles. The number of rotatable bonds is 8. The summed E-state index contributed by atoms with van der Waals surface area (Å²) in [5.41, 5.74) is 0. The molecule has 18 heavy (non-hydrogen) atoms. The Balaban J connectivity index is 2.09. The van der Waals surface area contributed by atoms with Gasteiger partial charge in [0.2, 0.25) is 5.91 Å². The van der Waals surface area contributed by atoms with Crippen LogP contribution >= 0.6 is 0 Å². The molecule has 0 aromatic carbocycles. The molecule has 1 fully saturated rings. The molecule has 4 nitrogen and oxygen atoms in total. The molecule has 0 bridgehead atoms. The average molecular weight is 274 g/mol. The van der Waals surface area contributed by atoms with Gasteiger partial charge in [-0.25, -0.2) is 0 Å². The van der Waals surface area contributed by atoms with Gasteiger partial charge >= 0.3 is 0 Å². The van der Waals surface area contributed by atoms with Crippen molar-refractivity contribution >= 4 is 16.7 Å². The zero-order chi connectivity index (χ0) is 13.2. The predicted octanol–water partition coefficient (Wildman–Crippen LogP) is 1.14. The second kappa shape index (κ2) is 9.50. The molecule has 1 amide bonds. The van der Waals surface area contributed by atoms with Gasteiger partial charge in [-0.2, -0.15) is 0 Å². The van der Waals surface area contributed by atoms with Crippen LogP contribution in [0, 0.1) is 0 Å². The zero-order valence-corrected chi connectivity index (χ0v) is 12.3. The second-order valence-electron chi connectivity index (χ2n) is 4.83. The van der Waals surface area contributed by atoms with Gasteiger partial charge in [0, 0.05) is 29.6 Å².